The van der Waals surface area contributed by atoms with Gasteiger partial charge in [-0.15, -0.1) is 0 Å². The van der Waals surface area contributed by atoms with Crippen molar-refractivity contribution in [2.45, 2.75) is 50.6 Å². The monoisotopic (exact) mass is 378 g/mol. The van der Waals surface area contributed by atoms with Crippen molar-refractivity contribution >= 4 is 11.7 Å². The zero-order valence-corrected chi connectivity index (χ0v) is 17.1. The molecule has 3 heterocycles. The number of carbonyl (C=O) groups excluding carboxylic acids is 1. The first-order chi connectivity index (χ1) is 13.5. The van der Waals surface area contributed by atoms with Crippen LogP contribution in [-0.2, 0) is 14.9 Å². The Morgan fingerprint density at radius 2 is 2.14 bits per heavy atom. The summed E-state index contributed by atoms with van der Waals surface area (Å²) in [5.41, 5.74) is 3.36. The molecule has 0 aromatic heterocycles. The molecule has 4 nitrogen and oxygen atoms in total. The number of likely N-dealkylation sites (N-methyl/N-ethyl adjacent to an activating group) is 1. The molecular weight excluding hydrogens is 348 g/mol. The molecule has 1 saturated heterocycles. The molecule has 1 aromatic carbocycles. The molecule has 148 valence electrons. The van der Waals surface area contributed by atoms with Crippen molar-refractivity contribution in [3.05, 3.63) is 42.0 Å². The van der Waals surface area contributed by atoms with Crippen LogP contribution in [0.5, 0.6) is 0 Å². The number of carbonyl (C=O) groups is 1. The fourth-order valence-electron chi connectivity index (χ4n) is 8.96. The smallest absolute Gasteiger partial charge is 0.302 e. The lowest BCUT2D eigenvalue weighted by atomic mass is 9.57. The minimum absolute atomic E-state index is 0.0367. The second-order valence-electron chi connectivity index (χ2n) is 9.65. The van der Waals surface area contributed by atoms with Gasteiger partial charge in [0, 0.05) is 48.5 Å². The summed E-state index contributed by atoms with van der Waals surface area (Å²) in [5, 5.41) is 0. The molecule has 3 fully saturated rings. The summed E-state index contributed by atoms with van der Waals surface area (Å²) < 4.78 is 5.70. The molecule has 3 spiro atoms. The summed E-state index contributed by atoms with van der Waals surface area (Å²) in [4.78, 5) is 17.2. The minimum atomic E-state index is -0.152. The van der Waals surface area contributed by atoms with Gasteiger partial charge < -0.3 is 9.64 Å². The highest BCUT2D eigenvalue weighted by atomic mass is 16.5. The molecule has 6 atom stereocenters. The van der Waals surface area contributed by atoms with Crippen LogP contribution in [0.25, 0.3) is 0 Å². The van der Waals surface area contributed by atoms with E-state index in [0.29, 0.717) is 24.5 Å². The molecular formula is C24H30N2O2. The average molecular weight is 379 g/mol. The topological polar surface area (TPSA) is 32.8 Å². The van der Waals surface area contributed by atoms with Crippen LogP contribution in [0.2, 0.25) is 0 Å². The third-order valence-electron chi connectivity index (χ3n) is 9.23. The minimum Gasteiger partial charge on any atom is -0.465 e. The van der Waals surface area contributed by atoms with Crippen molar-refractivity contribution < 1.29 is 9.53 Å². The standard InChI is InChI=1S/C24H30N2O2/c1-4-26-20-9-6-5-8-19(20)23-11-13-25-12-7-10-22(21(23)25)14-18(15-28-17(3)27)24(23,26)16(22)2/h5-10,16,18,21H,4,11-15H2,1-3H3. The van der Waals surface area contributed by atoms with Gasteiger partial charge in [-0.25, -0.2) is 0 Å². The number of nitrogens with zero attached hydrogens (tertiary/aromatic N) is 2. The van der Waals surface area contributed by atoms with Crippen LogP contribution in [0.4, 0.5) is 5.69 Å². The van der Waals surface area contributed by atoms with Crippen molar-refractivity contribution in [3.8, 4) is 0 Å². The molecule has 4 heteroatoms. The summed E-state index contributed by atoms with van der Waals surface area (Å²) in [6, 6.07) is 9.73. The van der Waals surface area contributed by atoms with E-state index < -0.39 is 0 Å². The number of ether oxygens (including phenoxy) is 1. The lowest BCUT2D eigenvalue weighted by Crippen LogP contribution is -2.65. The normalized spacial score (nSPS) is 44.5. The Morgan fingerprint density at radius 1 is 1.32 bits per heavy atom. The lowest BCUT2D eigenvalue weighted by Gasteiger charge is -2.54. The number of anilines is 1. The zero-order chi connectivity index (χ0) is 19.3. The van der Waals surface area contributed by atoms with Gasteiger partial charge in [0.05, 0.1) is 12.1 Å². The first-order valence-corrected chi connectivity index (χ1v) is 11.0. The lowest BCUT2D eigenvalue weighted by molar-refractivity contribution is -0.143. The average Bonchev–Trinajstić information content (AvgIpc) is 3.34. The molecule has 2 saturated carbocycles. The fourth-order valence-corrected chi connectivity index (χ4v) is 8.96. The molecule has 0 N–H and O–H groups in total. The molecule has 1 aromatic rings. The van der Waals surface area contributed by atoms with Gasteiger partial charge in [-0.05, 0) is 43.9 Å². The predicted molar refractivity (Wildman–Crippen MR) is 109 cm³/mol. The van der Waals surface area contributed by atoms with E-state index in [1.54, 1.807) is 12.5 Å². The predicted octanol–water partition coefficient (Wildman–Crippen LogP) is 3.37. The Hall–Kier alpha value is -1.81. The molecule has 0 radical (unpaired) electrons. The SMILES string of the molecule is CCN1c2ccccc2C23CCN4CC=CC5(CC(COC(C)=O)C12C5C)C43. The molecule has 2 aliphatic carbocycles. The van der Waals surface area contributed by atoms with E-state index in [1.807, 2.05) is 0 Å². The molecule has 6 rings (SSSR count). The highest BCUT2D eigenvalue weighted by Gasteiger charge is 2.86. The van der Waals surface area contributed by atoms with Gasteiger partial charge in [-0.2, -0.15) is 0 Å². The number of para-hydroxylation sites is 1. The van der Waals surface area contributed by atoms with Gasteiger partial charge in [-0.3, -0.25) is 9.69 Å². The van der Waals surface area contributed by atoms with Gasteiger partial charge >= 0.3 is 5.97 Å². The van der Waals surface area contributed by atoms with Gasteiger partial charge in [0.15, 0.2) is 0 Å². The first-order valence-electron chi connectivity index (χ1n) is 11.0. The number of hydrogen-bond donors (Lipinski definition) is 0. The largest absolute Gasteiger partial charge is 0.465 e. The van der Waals surface area contributed by atoms with Crippen LogP contribution in [-0.4, -0.2) is 48.7 Å². The van der Waals surface area contributed by atoms with Crippen molar-refractivity contribution in [2.24, 2.45) is 17.3 Å². The van der Waals surface area contributed by atoms with E-state index in [-0.39, 0.29) is 22.3 Å². The van der Waals surface area contributed by atoms with E-state index >= 15 is 0 Å². The second kappa shape index (κ2) is 5.21. The van der Waals surface area contributed by atoms with Crippen molar-refractivity contribution in [1.82, 2.24) is 4.90 Å². The van der Waals surface area contributed by atoms with Crippen LogP contribution in [0.15, 0.2) is 36.4 Å². The van der Waals surface area contributed by atoms with Crippen molar-refractivity contribution in [3.63, 3.8) is 0 Å². The summed E-state index contributed by atoms with van der Waals surface area (Å²) in [6.07, 6.45) is 7.33. The fraction of sp³-hybridized carbons (Fsp3) is 0.625. The number of esters is 1. The first kappa shape index (κ1) is 17.1. The maximum Gasteiger partial charge on any atom is 0.302 e. The van der Waals surface area contributed by atoms with E-state index in [4.69, 9.17) is 4.74 Å². The third-order valence-corrected chi connectivity index (χ3v) is 9.23. The zero-order valence-electron chi connectivity index (χ0n) is 17.1. The Morgan fingerprint density at radius 3 is 2.93 bits per heavy atom. The second-order valence-corrected chi connectivity index (χ2v) is 9.65. The highest BCUT2D eigenvalue weighted by molar-refractivity contribution is 5.73. The number of benzene rings is 1. The van der Waals surface area contributed by atoms with Gasteiger partial charge in [0.2, 0.25) is 0 Å². The molecule has 0 amide bonds. The summed E-state index contributed by atoms with van der Waals surface area (Å²) >= 11 is 0. The molecule has 2 bridgehead atoms. The van der Waals surface area contributed by atoms with Crippen molar-refractivity contribution in [2.75, 3.05) is 31.1 Å². The van der Waals surface area contributed by atoms with Gasteiger partial charge in [0.1, 0.15) is 0 Å². The number of rotatable bonds is 3. The van der Waals surface area contributed by atoms with E-state index in [2.05, 4.69) is 60.1 Å². The van der Waals surface area contributed by atoms with Crippen molar-refractivity contribution in [1.29, 1.82) is 0 Å². The summed E-state index contributed by atoms with van der Waals surface area (Å²) in [5.74, 6) is 0.760. The molecule has 5 aliphatic rings. The maximum atomic E-state index is 11.7. The van der Waals surface area contributed by atoms with Crippen LogP contribution >= 0.6 is 0 Å². The Bertz CT molecular complexity index is 896. The molecule has 28 heavy (non-hydrogen) atoms. The van der Waals surface area contributed by atoms with Crippen LogP contribution in [0, 0.1) is 17.3 Å². The summed E-state index contributed by atoms with van der Waals surface area (Å²) in [7, 11) is 0. The highest BCUT2D eigenvalue weighted by Crippen LogP contribution is 2.80. The molecule has 3 aliphatic heterocycles. The van der Waals surface area contributed by atoms with Crippen LogP contribution in [0.1, 0.15) is 39.2 Å². The quantitative estimate of drug-likeness (QED) is 0.596. The Balaban J connectivity index is 1.64. The number of hydrogen-bond acceptors (Lipinski definition) is 4. The Labute approximate surface area is 167 Å². The maximum absolute atomic E-state index is 11.7. The Kier molecular flexibility index (Phi) is 3.18. The van der Waals surface area contributed by atoms with Gasteiger partial charge in [-0.1, -0.05) is 37.3 Å². The third kappa shape index (κ3) is 1.50. The molecule has 6 unspecified atom stereocenters. The van der Waals surface area contributed by atoms with Crippen LogP contribution in [0.3, 0.4) is 0 Å². The number of fused-ring (bicyclic) bond motifs is 1. The van der Waals surface area contributed by atoms with E-state index in [9.17, 15) is 4.79 Å². The summed E-state index contributed by atoms with van der Waals surface area (Å²) in [6.45, 7) is 10.2. The van der Waals surface area contributed by atoms with E-state index in [1.165, 1.54) is 18.7 Å². The van der Waals surface area contributed by atoms with Gasteiger partial charge in [0.25, 0.3) is 0 Å². The van der Waals surface area contributed by atoms with E-state index in [0.717, 1.165) is 19.5 Å². The van der Waals surface area contributed by atoms with Crippen LogP contribution < -0.4 is 4.90 Å².